The van der Waals surface area contributed by atoms with Crippen LogP contribution in [0.1, 0.15) is 49.3 Å². The van der Waals surface area contributed by atoms with Gasteiger partial charge in [0.15, 0.2) is 5.78 Å². The van der Waals surface area contributed by atoms with Crippen molar-refractivity contribution in [2.45, 2.75) is 12.8 Å². The van der Waals surface area contributed by atoms with Crippen LogP contribution in [-0.2, 0) is 12.8 Å². The zero-order chi connectivity index (χ0) is 28.5. The average Bonchev–Trinajstić information content (AvgIpc) is 3.05. The van der Waals surface area contributed by atoms with E-state index in [1.165, 1.54) is 22.3 Å². The summed E-state index contributed by atoms with van der Waals surface area (Å²) in [5, 5.41) is 0. The molecule has 0 saturated heterocycles. The van der Waals surface area contributed by atoms with Crippen LogP contribution in [0.3, 0.4) is 0 Å². The Hall–Kier alpha value is -4.92. The molecule has 0 atom stereocenters. The Bertz CT molecular complexity index is 1780. The molecule has 1 nitrogen and oxygen atoms in total. The highest BCUT2D eigenvalue weighted by atomic mass is 32.1. The molecule has 1 aliphatic rings. The Labute approximate surface area is 252 Å². The van der Waals surface area contributed by atoms with Crippen LogP contribution in [-0.4, -0.2) is 10.6 Å². The molecule has 0 radical (unpaired) electrons. The first kappa shape index (κ1) is 26.0. The van der Waals surface area contributed by atoms with E-state index in [1.807, 2.05) is 36.4 Å². The van der Waals surface area contributed by atoms with Gasteiger partial charge in [-0.25, -0.2) is 0 Å². The van der Waals surface area contributed by atoms with Crippen LogP contribution in [0, 0.1) is 0 Å². The third-order valence-electron chi connectivity index (χ3n) is 8.11. The van der Waals surface area contributed by atoms with Crippen molar-refractivity contribution in [3.8, 4) is 22.3 Å². The second kappa shape index (κ2) is 11.2. The molecule has 6 aromatic carbocycles. The van der Waals surface area contributed by atoms with Crippen molar-refractivity contribution in [2.24, 2.45) is 0 Å². The fraction of sp³-hybridized carbons (Fsp3) is 0.0500. The number of carbonyl (C=O) groups is 1. The molecule has 0 fully saturated rings. The Morgan fingerprint density at radius 2 is 0.786 bits per heavy atom. The van der Waals surface area contributed by atoms with E-state index in [4.69, 9.17) is 12.2 Å². The summed E-state index contributed by atoms with van der Waals surface area (Å²) in [7, 11) is 0. The van der Waals surface area contributed by atoms with Crippen LogP contribution in [0.2, 0.25) is 0 Å². The summed E-state index contributed by atoms with van der Waals surface area (Å²) < 4.78 is 0. The van der Waals surface area contributed by atoms with Crippen LogP contribution in [0.15, 0.2) is 146 Å². The molecule has 0 aromatic heterocycles. The molecule has 0 aliphatic heterocycles. The Balaban J connectivity index is 1.30. The number of fused-ring (bicyclic) bond motifs is 2. The molecule has 0 spiro atoms. The summed E-state index contributed by atoms with van der Waals surface area (Å²) in [6.07, 6.45) is 1.75. The van der Waals surface area contributed by atoms with Crippen LogP contribution >= 0.6 is 12.2 Å². The van der Waals surface area contributed by atoms with Crippen LogP contribution < -0.4 is 0 Å². The predicted molar refractivity (Wildman–Crippen MR) is 176 cm³/mol. The van der Waals surface area contributed by atoms with Gasteiger partial charge in [-0.15, -0.1) is 0 Å². The first-order valence-corrected chi connectivity index (χ1v) is 14.7. The maximum atomic E-state index is 14.1. The topological polar surface area (TPSA) is 17.1 Å². The highest BCUT2D eigenvalue weighted by molar-refractivity contribution is 7.81. The molecular formula is C40H28OS. The fourth-order valence-corrected chi connectivity index (χ4v) is 6.36. The van der Waals surface area contributed by atoms with E-state index in [2.05, 4.69) is 109 Å². The zero-order valence-corrected chi connectivity index (χ0v) is 23.9. The van der Waals surface area contributed by atoms with E-state index in [0.29, 0.717) is 11.1 Å². The minimum atomic E-state index is 0.0279. The van der Waals surface area contributed by atoms with Crippen molar-refractivity contribution < 1.29 is 4.79 Å². The van der Waals surface area contributed by atoms with Crippen LogP contribution in [0.4, 0.5) is 0 Å². The minimum absolute atomic E-state index is 0.0279. The van der Waals surface area contributed by atoms with Crippen molar-refractivity contribution in [2.75, 3.05) is 0 Å². The number of carbonyl (C=O) groups excluding carboxylic acids is 1. The average molecular weight is 557 g/mol. The molecule has 1 aliphatic carbocycles. The summed E-state index contributed by atoms with van der Waals surface area (Å²) in [4.78, 5) is 14.9. The van der Waals surface area contributed by atoms with E-state index < -0.39 is 0 Å². The van der Waals surface area contributed by atoms with E-state index in [-0.39, 0.29) is 5.78 Å². The highest BCUT2D eigenvalue weighted by Crippen LogP contribution is 2.40. The van der Waals surface area contributed by atoms with Gasteiger partial charge in [0.25, 0.3) is 0 Å². The smallest absolute Gasteiger partial charge is 0.194 e. The molecule has 0 saturated carbocycles. The second-order valence-electron chi connectivity index (χ2n) is 10.8. The molecule has 2 heteroatoms. The van der Waals surface area contributed by atoms with Crippen molar-refractivity contribution >= 4 is 22.9 Å². The molecule has 0 amide bonds. The first-order valence-electron chi connectivity index (χ1n) is 14.3. The lowest BCUT2D eigenvalue weighted by Crippen LogP contribution is -2.22. The van der Waals surface area contributed by atoms with Gasteiger partial charge in [0.05, 0.1) is 4.86 Å². The van der Waals surface area contributed by atoms with Gasteiger partial charge in [0, 0.05) is 22.3 Å². The number of benzene rings is 6. The predicted octanol–water partition coefficient (Wildman–Crippen LogP) is 9.51. The lowest BCUT2D eigenvalue weighted by molar-refractivity contribution is 0.103. The number of ketones is 1. The van der Waals surface area contributed by atoms with Crippen LogP contribution in [0.5, 0.6) is 0 Å². The zero-order valence-electron chi connectivity index (χ0n) is 23.1. The number of rotatable bonds is 6. The molecule has 42 heavy (non-hydrogen) atoms. The normalized spacial score (nSPS) is 12.1. The number of hydrogen-bond donors (Lipinski definition) is 0. The summed E-state index contributed by atoms with van der Waals surface area (Å²) in [6.45, 7) is 0. The Morgan fingerprint density at radius 3 is 1.29 bits per heavy atom. The van der Waals surface area contributed by atoms with Crippen molar-refractivity contribution in [1.82, 2.24) is 0 Å². The minimum Gasteiger partial charge on any atom is -0.289 e. The summed E-state index contributed by atoms with van der Waals surface area (Å²) in [5.41, 5.74) is 12.1. The Kier molecular flexibility index (Phi) is 6.91. The SMILES string of the molecule is O=C1c2ccccc2C(=S)c2c(-c3ccc(Cc4ccccc4)cc3)ccc(-c3ccc(Cc4ccccc4)cc3)c21. The lowest BCUT2D eigenvalue weighted by Gasteiger charge is -2.25. The summed E-state index contributed by atoms with van der Waals surface area (Å²) in [5.74, 6) is 0.0279. The lowest BCUT2D eigenvalue weighted by atomic mass is 9.77. The van der Waals surface area contributed by atoms with Crippen molar-refractivity contribution in [1.29, 1.82) is 0 Å². The second-order valence-corrected chi connectivity index (χ2v) is 11.2. The molecule has 0 N–H and O–H groups in total. The van der Waals surface area contributed by atoms with Crippen LogP contribution in [0.25, 0.3) is 22.3 Å². The molecule has 0 bridgehead atoms. The maximum absolute atomic E-state index is 14.1. The molecule has 7 rings (SSSR count). The van der Waals surface area contributed by atoms with Gasteiger partial charge in [0.1, 0.15) is 0 Å². The third kappa shape index (κ3) is 4.91. The maximum Gasteiger partial charge on any atom is 0.194 e. The van der Waals surface area contributed by atoms with E-state index >= 15 is 0 Å². The monoisotopic (exact) mass is 556 g/mol. The van der Waals surface area contributed by atoms with E-state index in [1.54, 1.807) is 0 Å². The van der Waals surface area contributed by atoms with Crippen molar-refractivity contribution in [3.63, 3.8) is 0 Å². The van der Waals surface area contributed by atoms with Gasteiger partial charge in [-0.05, 0) is 57.3 Å². The van der Waals surface area contributed by atoms with Gasteiger partial charge in [0.2, 0.25) is 0 Å². The summed E-state index contributed by atoms with van der Waals surface area (Å²) >= 11 is 6.12. The van der Waals surface area contributed by atoms with Gasteiger partial charge in [-0.3, -0.25) is 4.79 Å². The van der Waals surface area contributed by atoms with E-state index in [0.717, 1.165) is 51.1 Å². The quantitative estimate of drug-likeness (QED) is 0.190. The standard InChI is InChI=1S/C40H28OS/c41-39-35-13-7-8-14-36(35)40(42)38-34(32-21-17-30(18-22-32)26-28-11-5-2-6-12-28)24-23-33(37(38)39)31-19-15-29(16-20-31)25-27-9-3-1-4-10-27/h1-24H,25-26H2. The molecule has 6 aromatic rings. The fourth-order valence-electron chi connectivity index (χ4n) is 5.97. The largest absolute Gasteiger partial charge is 0.289 e. The number of thiocarbonyl (C=S) groups is 1. The summed E-state index contributed by atoms with van der Waals surface area (Å²) in [6, 6.07) is 50.2. The first-order chi connectivity index (χ1) is 20.7. The molecule has 0 unspecified atom stereocenters. The molecular weight excluding hydrogens is 529 g/mol. The van der Waals surface area contributed by atoms with Crippen molar-refractivity contribution in [3.05, 3.63) is 190 Å². The van der Waals surface area contributed by atoms with E-state index in [9.17, 15) is 4.79 Å². The third-order valence-corrected chi connectivity index (χ3v) is 8.53. The van der Waals surface area contributed by atoms with Gasteiger partial charge < -0.3 is 0 Å². The molecule has 0 heterocycles. The number of hydrogen-bond acceptors (Lipinski definition) is 2. The molecule has 200 valence electrons. The van der Waals surface area contributed by atoms with Gasteiger partial charge >= 0.3 is 0 Å². The van der Waals surface area contributed by atoms with Gasteiger partial charge in [-0.2, -0.15) is 0 Å². The highest BCUT2D eigenvalue weighted by Gasteiger charge is 2.32. The van der Waals surface area contributed by atoms with Gasteiger partial charge in [-0.1, -0.05) is 158 Å². The Morgan fingerprint density at radius 1 is 0.381 bits per heavy atom.